The molecule has 10 nitrogen and oxygen atoms in total. The van der Waals surface area contributed by atoms with Crippen molar-refractivity contribution in [3.05, 3.63) is 71.9 Å². The first-order valence-corrected chi connectivity index (χ1v) is 12.6. The summed E-state index contributed by atoms with van der Waals surface area (Å²) in [5.41, 5.74) is 7.83. The van der Waals surface area contributed by atoms with Crippen LogP contribution in [-0.4, -0.2) is 58.5 Å². The highest BCUT2D eigenvalue weighted by Crippen LogP contribution is 2.20. The van der Waals surface area contributed by atoms with Crippen LogP contribution < -0.4 is 21.7 Å². The Morgan fingerprint density at radius 2 is 1.55 bits per heavy atom. The van der Waals surface area contributed by atoms with Crippen LogP contribution in [0, 0.1) is 5.92 Å². The van der Waals surface area contributed by atoms with Crippen LogP contribution in [0.25, 0.3) is 10.9 Å². The first-order chi connectivity index (χ1) is 18.2. The number of para-hydroxylation sites is 1. The van der Waals surface area contributed by atoms with Crippen molar-refractivity contribution >= 4 is 34.6 Å². The summed E-state index contributed by atoms with van der Waals surface area (Å²) in [7, 11) is 0. The Bertz CT molecular complexity index is 1260. The number of amides is 3. The lowest BCUT2D eigenvalue weighted by atomic mass is 9.97. The van der Waals surface area contributed by atoms with Gasteiger partial charge in [-0.1, -0.05) is 68.8 Å². The molecule has 3 amide bonds. The number of carboxylic acid groups (broad SMARTS) is 1. The van der Waals surface area contributed by atoms with Crippen LogP contribution in [-0.2, 0) is 32.0 Å². The smallest absolute Gasteiger partial charge is 0.326 e. The molecule has 0 spiro atoms. The van der Waals surface area contributed by atoms with Crippen molar-refractivity contribution in [3.63, 3.8) is 0 Å². The summed E-state index contributed by atoms with van der Waals surface area (Å²) in [6.07, 6.45) is 2.55. The summed E-state index contributed by atoms with van der Waals surface area (Å²) in [5, 5.41) is 18.7. The number of aromatic amines is 1. The molecule has 0 aliphatic rings. The molecule has 0 saturated carbocycles. The zero-order chi connectivity index (χ0) is 27.7. The van der Waals surface area contributed by atoms with E-state index in [-0.39, 0.29) is 25.3 Å². The van der Waals surface area contributed by atoms with Crippen LogP contribution in [0.5, 0.6) is 0 Å². The van der Waals surface area contributed by atoms with E-state index in [2.05, 4.69) is 20.9 Å². The number of nitrogens with two attached hydrogens (primary N) is 1. The van der Waals surface area contributed by atoms with E-state index in [1.807, 2.05) is 44.2 Å². The molecule has 0 aliphatic carbocycles. The number of carbonyl (C=O) groups excluding carboxylic acids is 3. The van der Waals surface area contributed by atoms with Gasteiger partial charge in [-0.25, -0.2) is 4.79 Å². The molecule has 3 aromatic rings. The Morgan fingerprint density at radius 3 is 2.21 bits per heavy atom. The largest absolute Gasteiger partial charge is 0.480 e. The van der Waals surface area contributed by atoms with Gasteiger partial charge in [0.15, 0.2) is 0 Å². The molecule has 1 heterocycles. The number of aliphatic carboxylic acids is 1. The summed E-state index contributed by atoms with van der Waals surface area (Å²) in [5.74, 6) is -3.09. The molecule has 0 aliphatic heterocycles. The number of rotatable bonds is 13. The molecule has 10 heteroatoms. The number of aromatic nitrogens is 1. The summed E-state index contributed by atoms with van der Waals surface area (Å²) >= 11 is 0. The van der Waals surface area contributed by atoms with E-state index >= 15 is 0 Å². The standard InChI is InChI=1S/C28H35N5O5/c1-3-17(2)25(33-24(34)15-29)27(36)31-22(14-19-16-30-21-12-8-7-11-20(19)21)26(35)32-23(28(37)38)13-18-9-5-4-6-10-18/h4-12,16-17,22-23,25,30H,3,13-15,29H2,1-2H3,(H,31,36)(H,32,35)(H,33,34)(H,37,38). The summed E-state index contributed by atoms with van der Waals surface area (Å²) in [4.78, 5) is 54.0. The van der Waals surface area contributed by atoms with Gasteiger partial charge in [0.25, 0.3) is 0 Å². The van der Waals surface area contributed by atoms with Crippen molar-refractivity contribution < 1.29 is 24.3 Å². The monoisotopic (exact) mass is 521 g/mol. The maximum absolute atomic E-state index is 13.5. The second kappa shape index (κ2) is 13.4. The van der Waals surface area contributed by atoms with Gasteiger partial charge in [-0.15, -0.1) is 0 Å². The molecule has 0 bridgehead atoms. The van der Waals surface area contributed by atoms with Crippen molar-refractivity contribution in [3.8, 4) is 0 Å². The lowest BCUT2D eigenvalue weighted by Gasteiger charge is -2.27. The van der Waals surface area contributed by atoms with E-state index in [0.717, 1.165) is 22.0 Å². The Balaban J connectivity index is 1.87. The molecule has 4 unspecified atom stereocenters. The van der Waals surface area contributed by atoms with Crippen LogP contribution in [0.15, 0.2) is 60.8 Å². The Morgan fingerprint density at radius 1 is 0.895 bits per heavy atom. The topological polar surface area (TPSA) is 166 Å². The van der Waals surface area contributed by atoms with Gasteiger partial charge < -0.3 is 31.8 Å². The van der Waals surface area contributed by atoms with Crippen LogP contribution in [0.1, 0.15) is 31.4 Å². The fourth-order valence-electron chi connectivity index (χ4n) is 4.25. The molecule has 1 aromatic heterocycles. The number of carboxylic acids is 1. The second-order valence-electron chi connectivity index (χ2n) is 9.35. The maximum atomic E-state index is 13.5. The molecule has 7 N–H and O–H groups in total. The molecule has 202 valence electrons. The summed E-state index contributed by atoms with van der Waals surface area (Å²) < 4.78 is 0. The highest BCUT2D eigenvalue weighted by molar-refractivity contribution is 5.94. The Kier molecular flexibility index (Phi) is 10.0. The minimum atomic E-state index is -1.20. The zero-order valence-electron chi connectivity index (χ0n) is 21.6. The van der Waals surface area contributed by atoms with Gasteiger partial charge in [0.1, 0.15) is 18.1 Å². The highest BCUT2D eigenvalue weighted by atomic mass is 16.4. The van der Waals surface area contributed by atoms with E-state index in [0.29, 0.717) is 6.42 Å². The molecular weight excluding hydrogens is 486 g/mol. The van der Waals surface area contributed by atoms with Crippen LogP contribution >= 0.6 is 0 Å². The first-order valence-electron chi connectivity index (χ1n) is 12.6. The van der Waals surface area contributed by atoms with Crippen molar-refractivity contribution in [1.29, 1.82) is 0 Å². The first kappa shape index (κ1) is 28.4. The van der Waals surface area contributed by atoms with Crippen molar-refractivity contribution in [2.24, 2.45) is 11.7 Å². The minimum Gasteiger partial charge on any atom is -0.480 e. The fraction of sp³-hybridized carbons (Fsp3) is 0.357. The number of fused-ring (bicyclic) bond motifs is 1. The molecular formula is C28H35N5O5. The summed E-state index contributed by atoms with van der Waals surface area (Å²) in [6.45, 7) is 3.42. The SMILES string of the molecule is CCC(C)C(NC(=O)CN)C(=O)NC(Cc1c[nH]c2ccccc12)C(=O)NC(Cc1ccccc1)C(=O)O. The molecule has 0 radical (unpaired) electrons. The Labute approximate surface area is 221 Å². The molecule has 4 atom stereocenters. The number of benzene rings is 2. The van der Waals surface area contributed by atoms with Crippen LogP contribution in [0.2, 0.25) is 0 Å². The van der Waals surface area contributed by atoms with Gasteiger partial charge in [0, 0.05) is 29.9 Å². The number of hydrogen-bond acceptors (Lipinski definition) is 5. The van der Waals surface area contributed by atoms with Crippen molar-refractivity contribution in [2.75, 3.05) is 6.54 Å². The van der Waals surface area contributed by atoms with Crippen LogP contribution in [0.3, 0.4) is 0 Å². The van der Waals surface area contributed by atoms with E-state index < -0.39 is 41.8 Å². The van der Waals surface area contributed by atoms with Gasteiger partial charge in [-0.05, 0) is 23.1 Å². The predicted molar refractivity (Wildman–Crippen MR) is 144 cm³/mol. The second-order valence-corrected chi connectivity index (χ2v) is 9.35. The molecule has 3 rings (SSSR count). The van der Waals surface area contributed by atoms with Crippen molar-refractivity contribution in [1.82, 2.24) is 20.9 Å². The molecule has 38 heavy (non-hydrogen) atoms. The highest BCUT2D eigenvalue weighted by Gasteiger charge is 2.32. The number of carbonyl (C=O) groups is 4. The third-order valence-electron chi connectivity index (χ3n) is 6.63. The zero-order valence-corrected chi connectivity index (χ0v) is 21.6. The molecule has 0 fully saturated rings. The molecule has 2 aromatic carbocycles. The lowest BCUT2D eigenvalue weighted by Crippen LogP contribution is -2.58. The average molecular weight is 522 g/mol. The van der Waals surface area contributed by atoms with Gasteiger partial charge >= 0.3 is 5.97 Å². The molecule has 0 saturated heterocycles. The van der Waals surface area contributed by atoms with E-state index in [1.165, 1.54) is 0 Å². The van der Waals surface area contributed by atoms with Gasteiger partial charge in [-0.2, -0.15) is 0 Å². The Hall–Kier alpha value is -4.18. The van der Waals surface area contributed by atoms with Gasteiger partial charge in [-0.3, -0.25) is 14.4 Å². The van der Waals surface area contributed by atoms with E-state index in [1.54, 1.807) is 30.5 Å². The maximum Gasteiger partial charge on any atom is 0.326 e. The quantitative estimate of drug-likeness (QED) is 0.199. The number of H-pyrrole nitrogens is 1. The van der Waals surface area contributed by atoms with Gasteiger partial charge in [0.05, 0.1) is 6.54 Å². The van der Waals surface area contributed by atoms with Crippen molar-refractivity contribution in [2.45, 2.75) is 51.2 Å². The minimum absolute atomic E-state index is 0.0811. The fourth-order valence-corrected chi connectivity index (χ4v) is 4.25. The normalized spacial score (nSPS) is 14.2. The number of nitrogens with one attached hydrogen (secondary N) is 4. The third kappa shape index (κ3) is 7.42. The number of hydrogen-bond donors (Lipinski definition) is 6. The predicted octanol–water partition coefficient (Wildman–Crippen LogP) is 1.50. The lowest BCUT2D eigenvalue weighted by molar-refractivity contribution is -0.142. The van der Waals surface area contributed by atoms with Gasteiger partial charge in [0.2, 0.25) is 17.7 Å². The summed E-state index contributed by atoms with van der Waals surface area (Å²) in [6, 6.07) is 13.3. The van der Waals surface area contributed by atoms with E-state index in [9.17, 15) is 24.3 Å². The average Bonchev–Trinajstić information content (AvgIpc) is 3.33. The third-order valence-corrected chi connectivity index (χ3v) is 6.63. The van der Waals surface area contributed by atoms with Crippen LogP contribution in [0.4, 0.5) is 0 Å². The van der Waals surface area contributed by atoms with E-state index in [4.69, 9.17) is 5.73 Å².